The molecule has 0 amide bonds. The molecule has 0 saturated heterocycles. The Morgan fingerprint density at radius 3 is 2.73 bits per heavy atom. The Labute approximate surface area is 178 Å². The van der Waals surface area contributed by atoms with Gasteiger partial charge in [0.25, 0.3) is 0 Å². The lowest BCUT2D eigenvalue weighted by Gasteiger charge is -2.33. The Balaban J connectivity index is 1.59. The SMILES string of the molecule is CC(C)(C)[C@H]1CCc2c(sc(N=Cc3ccc(-c4ccc(F)cc4F)o3)c2C#N)C1. The van der Waals surface area contributed by atoms with E-state index in [1.54, 1.807) is 29.7 Å². The minimum Gasteiger partial charge on any atom is -0.455 e. The third-order valence-corrected chi connectivity index (χ3v) is 6.88. The first-order valence-corrected chi connectivity index (χ1v) is 10.7. The van der Waals surface area contributed by atoms with Crippen LogP contribution in [0.15, 0.2) is 39.7 Å². The monoisotopic (exact) mass is 424 g/mol. The topological polar surface area (TPSA) is 49.3 Å². The van der Waals surface area contributed by atoms with Gasteiger partial charge in [-0.2, -0.15) is 5.26 Å². The smallest absolute Gasteiger partial charge is 0.145 e. The predicted octanol–water partition coefficient (Wildman–Crippen LogP) is 7.06. The van der Waals surface area contributed by atoms with Crippen LogP contribution >= 0.6 is 11.3 Å². The number of halogens is 2. The second-order valence-electron chi connectivity index (χ2n) is 8.69. The maximum atomic E-state index is 14.0. The van der Waals surface area contributed by atoms with E-state index >= 15 is 0 Å². The van der Waals surface area contributed by atoms with Crippen molar-refractivity contribution in [3.8, 4) is 17.4 Å². The molecule has 0 radical (unpaired) electrons. The number of thiophene rings is 1. The molecule has 0 saturated carbocycles. The number of benzene rings is 1. The highest BCUT2D eigenvalue weighted by molar-refractivity contribution is 7.16. The molecule has 1 aromatic carbocycles. The molecule has 0 fully saturated rings. The van der Waals surface area contributed by atoms with Gasteiger partial charge in [0.15, 0.2) is 0 Å². The molecule has 2 aromatic heterocycles. The van der Waals surface area contributed by atoms with E-state index in [-0.39, 0.29) is 11.0 Å². The normalized spacial score (nSPS) is 16.6. The zero-order valence-electron chi connectivity index (χ0n) is 17.1. The summed E-state index contributed by atoms with van der Waals surface area (Å²) in [6, 6.07) is 8.98. The predicted molar refractivity (Wildman–Crippen MR) is 115 cm³/mol. The fourth-order valence-corrected chi connectivity index (χ4v) is 5.12. The number of aliphatic imine (C=N–C) groups is 1. The van der Waals surface area contributed by atoms with Crippen molar-refractivity contribution in [1.29, 1.82) is 5.26 Å². The molecule has 1 aliphatic rings. The Morgan fingerprint density at radius 1 is 1.23 bits per heavy atom. The molecule has 154 valence electrons. The third-order valence-electron chi connectivity index (χ3n) is 5.72. The van der Waals surface area contributed by atoms with E-state index in [0.29, 0.717) is 28.0 Å². The van der Waals surface area contributed by atoms with Crippen molar-refractivity contribution in [2.45, 2.75) is 40.0 Å². The number of rotatable bonds is 3. The average molecular weight is 425 g/mol. The van der Waals surface area contributed by atoms with E-state index in [9.17, 15) is 14.0 Å². The van der Waals surface area contributed by atoms with Crippen molar-refractivity contribution >= 4 is 22.6 Å². The van der Waals surface area contributed by atoms with Crippen LogP contribution in [-0.4, -0.2) is 6.21 Å². The van der Waals surface area contributed by atoms with Crippen molar-refractivity contribution in [3.63, 3.8) is 0 Å². The highest BCUT2D eigenvalue weighted by atomic mass is 32.1. The van der Waals surface area contributed by atoms with Gasteiger partial charge < -0.3 is 4.42 Å². The summed E-state index contributed by atoms with van der Waals surface area (Å²) in [5, 5.41) is 10.4. The molecule has 30 heavy (non-hydrogen) atoms. The standard InChI is InChI=1S/C24H22F2N2OS/c1-24(2,3)14-4-7-17-19(12-27)23(30-22(17)10-14)28-13-16-6-9-21(29-16)18-8-5-15(25)11-20(18)26/h5-6,8-9,11,13-14H,4,7,10H2,1-3H3/t14-/m0/s1. The van der Waals surface area contributed by atoms with Gasteiger partial charge in [-0.25, -0.2) is 13.8 Å². The lowest BCUT2D eigenvalue weighted by molar-refractivity contribution is 0.218. The molecule has 0 unspecified atom stereocenters. The fourth-order valence-electron chi connectivity index (χ4n) is 3.90. The van der Waals surface area contributed by atoms with Gasteiger partial charge in [-0.05, 0) is 60.4 Å². The number of furan rings is 1. The van der Waals surface area contributed by atoms with E-state index in [1.807, 2.05) is 0 Å². The van der Waals surface area contributed by atoms with Gasteiger partial charge in [0.1, 0.15) is 34.2 Å². The number of fused-ring (bicyclic) bond motifs is 1. The minimum absolute atomic E-state index is 0.188. The third kappa shape index (κ3) is 3.95. The molecule has 3 aromatic rings. The zero-order chi connectivity index (χ0) is 21.5. The largest absolute Gasteiger partial charge is 0.455 e. The van der Waals surface area contributed by atoms with Gasteiger partial charge in [0.05, 0.1) is 17.3 Å². The summed E-state index contributed by atoms with van der Waals surface area (Å²) in [6.07, 6.45) is 4.50. The number of nitrogens with zero attached hydrogens (tertiary/aromatic N) is 2. The summed E-state index contributed by atoms with van der Waals surface area (Å²) >= 11 is 1.57. The Morgan fingerprint density at radius 2 is 2.03 bits per heavy atom. The van der Waals surface area contributed by atoms with E-state index in [4.69, 9.17) is 4.42 Å². The Bertz CT molecular complexity index is 1160. The first kappa shape index (κ1) is 20.5. The van der Waals surface area contributed by atoms with Crippen molar-refractivity contribution < 1.29 is 13.2 Å². The molecular formula is C24H22F2N2OS. The molecular weight excluding hydrogens is 402 g/mol. The van der Waals surface area contributed by atoms with Crippen LogP contribution in [0, 0.1) is 34.3 Å². The summed E-state index contributed by atoms with van der Waals surface area (Å²) in [6.45, 7) is 6.79. The average Bonchev–Trinajstić information content (AvgIpc) is 3.29. The summed E-state index contributed by atoms with van der Waals surface area (Å²) in [5.41, 5.74) is 2.20. The van der Waals surface area contributed by atoms with Crippen molar-refractivity contribution in [2.24, 2.45) is 16.3 Å². The van der Waals surface area contributed by atoms with E-state index in [1.165, 1.54) is 17.0 Å². The van der Waals surface area contributed by atoms with Gasteiger partial charge in [-0.1, -0.05) is 20.8 Å². The molecule has 2 heterocycles. The van der Waals surface area contributed by atoms with Crippen LogP contribution in [0.2, 0.25) is 0 Å². The van der Waals surface area contributed by atoms with Crippen molar-refractivity contribution in [1.82, 2.24) is 0 Å². The summed E-state index contributed by atoms with van der Waals surface area (Å²) < 4.78 is 32.8. The second kappa shape index (κ2) is 7.81. The van der Waals surface area contributed by atoms with Gasteiger partial charge in [0.2, 0.25) is 0 Å². The molecule has 0 bridgehead atoms. The molecule has 0 N–H and O–H groups in total. The van der Waals surface area contributed by atoms with E-state index < -0.39 is 11.6 Å². The lowest BCUT2D eigenvalue weighted by Crippen LogP contribution is -2.26. The van der Waals surface area contributed by atoms with Crippen LogP contribution in [0.1, 0.15) is 49.0 Å². The molecule has 0 aliphatic heterocycles. The fraction of sp³-hybridized carbons (Fsp3) is 0.333. The van der Waals surface area contributed by atoms with Crippen LogP contribution in [0.3, 0.4) is 0 Å². The van der Waals surface area contributed by atoms with Crippen molar-refractivity contribution in [3.05, 3.63) is 63.7 Å². The molecule has 0 spiro atoms. The van der Waals surface area contributed by atoms with Crippen molar-refractivity contribution in [2.75, 3.05) is 0 Å². The second-order valence-corrected chi connectivity index (χ2v) is 9.77. The van der Waals surface area contributed by atoms with Gasteiger partial charge in [-0.3, -0.25) is 0 Å². The summed E-state index contributed by atoms with van der Waals surface area (Å²) in [4.78, 5) is 5.76. The number of hydrogen-bond donors (Lipinski definition) is 0. The molecule has 6 heteroatoms. The highest BCUT2D eigenvalue weighted by Crippen LogP contribution is 2.44. The Hall–Kier alpha value is -2.78. The maximum absolute atomic E-state index is 14.0. The van der Waals surface area contributed by atoms with E-state index in [0.717, 1.165) is 30.9 Å². The highest BCUT2D eigenvalue weighted by Gasteiger charge is 2.32. The molecule has 1 atom stereocenters. The molecule has 4 rings (SSSR count). The van der Waals surface area contributed by atoms with Gasteiger partial charge >= 0.3 is 0 Å². The summed E-state index contributed by atoms with van der Waals surface area (Å²) in [5.74, 6) is 0.0118. The summed E-state index contributed by atoms with van der Waals surface area (Å²) in [7, 11) is 0. The Kier molecular flexibility index (Phi) is 5.33. The minimum atomic E-state index is -0.682. The zero-order valence-corrected chi connectivity index (χ0v) is 17.9. The van der Waals surface area contributed by atoms with Crippen LogP contribution in [0.4, 0.5) is 13.8 Å². The van der Waals surface area contributed by atoms with Crippen LogP contribution in [0.25, 0.3) is 11.3 Å². The van der Waals surface area contributed by atoms with E-state index in [2.05, 4.69) is 31.8 Å². The lowest BCUT2D eigenvalue weighted by atomic mass is 9.72. The van der Waals surface area contributed by atoms with Crippen LogP contribution < -0.4 is 0 Å². The number of nitriles is 1. The number of hydrogen-bond acceptors (Lipinski definition) is 4. The van der Waals surface area contributed by atoms with Gasteiger partial charge in [0, 0.05) is 10.9 Å². The first-order valence-electron chi connectivity index (χ1n) is 9.90. The maximum Gasteiger partial charge on any atom is 0.145 e. The first-order chi connectivity index (χ1) is 14.3. The van der Waals surface area contributed by atoms with Crippen LogP contribution in [0.5, 0.6) is 0 Å². The molecule has 3 nitrogen and oxygen atoms in total. The van der Waals surface area contributed by atoms with Crippen LogP contribution in [-0.2, 0) is 12.8 Å². The quantitative estimate of drug-likeness (QED) is 0.423. The molecule has 1 aliphatic carbocycles. The van der Waals surface area contributed by atoms with Gasteiger partial charge in [-0.15, -0.1) is 11.3 Å².